The van der Waals surface area contributed by atoms with Crippen LogP contribution in [0.4, 0.5) is 0 Å². The van der Waals surface area contributed by atoms with Crippen LogP contribution in [-0.4, -0.2) is 116 Å². The SMILES string of the molecule is O=COCN1CCNCCN(CC(=O)O)CCN(CC(=O)O)CC1. The van der Waals surface area contributed by atoms with Crippen molar-refractivity contribution < 1.29 is 29.3 Å². The normalized spacial score (nSPS) is 19.8. The maximum Gasteiger partial charge on any atom is 0.317 e. The quantitative estimate of drug-likeness (QED) is 0.437. The zero-order chi connectivity index (χ0) is 17.8. The van der Waals surface area contributed by atoms with Gasteiger partial charge in [-0.2, -0.15) is 0 Å². The standard InChI is InChI=1S/C14H26N4O6/c19-12-24-11-18-4-2-15-1-3-16(9-13(20)21)5-6-17(7-8-18)10-14(22)23/h12,15H,1-11H2,(H,20,21)(H,22,23). The number of carbonyl (C=O) groups is 3. The topological polar surface area (TPSA) is 123 Å². The zero-order valence-corrected chi connectivity index (χ0v) is 13.7. The average molecular weight is 346 g/mol. The lowest BCUT2D eigenvalue weighted by molar-refractivity contribution is -0.140. The molecular weight excluding hydrogens is 320 g/mol. The van der Waals surface area contributed by atoms with Crippen LogP contribution in [0.2, 0.25) is 0 Å². The van der Waals surface area contributed by atoms with E-state index >= 15 is 0 Å². The van der Waals surface area contributed by atoms with Gasteiger partial charge in [0.25, 0.3) is 6.47 Å². The predicted molar refractivity (Wildman–Crippen MR) is 84.6 cm³/mol. The summed E-state index contributed by atoms with van der Waals surface area (Å²) in [4.78, 5) is 37.8. The summed E-state index contributed by atoms with van der Waals surface area (Å²) < 4.78 is 4.78. The van der Waals surface area contributed by atoms with Gasteiger partial charge in [0.05, 0.1) is 13.1 Å². The first-order valence-corrected chi connectivity index (χ1v) is 7.88. The van der Waals surface area contributed by atoms with Crippen molar-refractivity contribution in [2.24, 2.45) is 0 Å². The lowest BCUT2D eigenvalue weighted by atomic mass is 10.3. The average Bonchev–Trinajstić information content (AvgIpc) is 2.50. The van der Waals surface area contributed by atoms with Gasteiger partial charge in [-0.25, -0.2) is 0 Å². The molecule has 1 rings (SSSR count). The van der Waals surface area contributed by atoms with E-state index in [2.05, 4.69) is 5.32 Å². The van der Waals surface area contributed by atoms with Crippen LogP contribution in [0.1, 0.15) is 0 Å². The first-order valence-electron chi connectivity index (χ1n) is 7.88. The number of nitrogens with zero attached hydrogens (tertiary/aromatic N) is 3. The first-order chi connectivity index (χ1) is 11.5. The number of ether oxygens (including phenoxy) is 1. The lowest BCUT2D eigenvalue weighted by Crippen LogP contribution is -2.47. The highest BCUT2D eigenvalue weighted by atomic mass is 16.5. The number of carboxylic acids is 2. The summed E-state index contributed by atoms with van der Waals surface area (Å²) >= 11 is 0. The number of carbonyl (C=O) groups excluding carboxylic acids is 1. The highest BCUT2D eigenvalue weighted by molar-refractivity contribution is 5.69. The Balaban J connectivity index is 2.64. The Bertz CT molecular complexity index is 409. The summed E-state index contributed by atoms with van der Waals surface area (Å²) in [6, 6.07) is 0. The molecule has 1 fully saturated rings. The third-order valence-electron chi connectivity index (χ3n) is 3.72. The van der Waals surface area contributed by atoms with E-state index in [1.165, 1.54) is 0 Å². The van der Waals surface area contributed by atoms with Crippen molar-refractivity contribution in [1.29, 1.82) is 0 Å². The smallest absolute Gasteiger partial charge is 0.317 e. The van der Waals surface area contributed by atoms with Gasteiger partial charge in [0.15, 0.2) is 0 Å². The minimum absolute atomic E-state index is 0.0676. The van der Waals surface area contributed by atoms with Gasteiger partial charge in [-0.3, -0.25) is 29.1 Å². The molecule has 0 saturated carbocycles. The van der Waals surface area contributed by atoms with Gasteiger partial charge in [0.2, 0.25) is 0 Å². The molecule has 24 heavy (non-hydrogen) atoms. The number of rotatable bonds is 7. The van der Waals surface area contributed by atoms with Crippen LogP contribution in [-0.2, 0) is 19.1 Å². The second-order valence-electron chi connectivity index (χ2n) is 5.60. The molecule has 138 valence electrons. The monoisotopic (exact) mass is 346 g/mol. The van der Waals surface area contributed by atoms with E-state index in [9.17, 15) is 14.4 Å². The van der Waals surface area contributed by atoms with E-state index in [4.69, 9.17) is 14.9 Å². The molecule has 1 aliphatic rings. The van der Waals surface area contributed by atoms with E-state index in [1.54, 1.807) is 9.80 Å². The maximum absolute atomic E-state index is 11.0. The number of hydrogen-bond donors (Lipinski definition) is 3. The molecule has 0 amide bonds. The van der Waals surface area contributed by atoms with Crippen LogP contribution in [0.15, 0.2) is 0 Å². The Hall–Kier alpha value is -1.75. The van der Waals surface area contributed by atoms with Crippen LogP contribution < -0.4 is 5.32 Å². The van der Waals surface area contributed by atoms with Crippen molar-refractivity contribution in [3.05, 3.63) is 0 Å². The Morgan fingerprint density at radius 2 is 1.33 bits per heavy atom. The van der Waals surface area contributed by atoms with Crippen molar-refractivity contribution in [2.45, 2.75) is 0 Å². The van der Waals surface area contributed by atoms with E-state index in [1.807, 2.05) is 4.90 Å². The lowest BCUT2D eigenvalue weighted by Gasteiger charge is -2.29. The minimum atomic E-state index is -0.927. The summed E-state index contributed by atoms with van der Waals surface area (Å²) in [6.07, 6.45) is 0. The Morgan fingerprint density at radius 3 is 1.83 bits per heavy atom. The number of nitrogens with one attached hydrogen (secondary N) is 1. The fourth-order valence-electron chi connectivity index (χ4n) is 2.46. The van der Waals surface area contributed by atoms with Gasteiger partial charge in [-0.05, 0) is 0 Å². The number of aliphatic carboxylic acids is 2. The van der Waals surface area contributed by atoms with Crippen LogP contribution in [0.5, 0.6) is 0 Å². The van der Waals surface area contributed by atoms with E-state index in [0.717, 1.165) is 0 Å². The van der Waals surface area contributed by atoms with Crippen molar-refractivity contribution in [2.75, 3.05) is 72.2 Å². The number of hydrogen-bond acceptors (Lipinski definition) is 8. The summed E-state index contributed by atoms with van der Waals surface area (Å²) in [5.41, 5.74) is 0. The molecule has 0 unspecified atom stereocenters. The molecular formula is C14H26N4O6. The molecule has 1 saturated heterocycles. The molecule has 0 atom stereocenters. The second-order valence-corrected chi connectivity index (χ2v) is 5.60. The molecule has 0 aromatic rings. The van der Waals surface area contributed by atoms with E-state index < -0.39 is 11.9 Å². The van der Waals surface area contributed by atoms with Crippen molar-refractivity contribution in [3.8, 4) is 0 Å². The predicted octanol–water partition coefficient (Wildman–Crippen LogP) is -2.20. The molecule has 10 heteroatoms. The van der Waals surface area contributed by atoms with Gasteiger partial charge in [0, 0.05) is 52.4 Å². The molecule has 0 radical (unpaired) electrons. The molecule has 0 aromatic carbocycles. The van der Waals surface area contributed by atoms with Crippen molar-refractivity contribution >= 4 is 18.4 Å². The summed E-state index contributed by atoms with van der Waals surface area (Å²) in [5, 5.41) is 21.2. The van der Waals surface area contributed by atoms with Crippen LogP contribution in [0.3, 0.4) is 0 Å². The fourth-order valence-corrected chi connectivity index (χ4v) is 2.46. The maximum atomic E-state index is 11.0. The van der Waals surface area contributed by atoms with Gasteiger partial charge >= 0.3 is 11.9 Å². The molecule has 0 aromatic heterocycles. The van der Waals surface area contributed by atoms with Crippen molar-refractivity contribution in [1.82, 2.24) is 20.0 Å². The Kier molecular flexibility index (Phi) is 9.92. The summed E-state index contributed by atoms with van der Waals surface area (Å²) in [5.74, 6) is -1.83. The highest BCUT2D eigenvalue weighted by Crippen LogP contribution is 1.97. The largest absolute Gasteiger partial charge is 0.480 e. The highest BCUT2D eigenvalue weighted by Gasteiger charge is 2.16. The Morgan fingerprint density at radius 1 is 0.875 bits per heavy atom. The molecule has 0 bridgehead atoms. The van der Waals surface area contributed by atoms with E-state index in [-0.39, 0.29) is 19.8 Å². The molecule has 0 aliphatic carbocycles. The van der Waals surface area contributed by atoms with Crippen molar-refractivity contribution in [3.63, 3.8) is 0 Å². The minimum Gasteiger partial charge on any atom is -0.480 e. The van der Waals surface area contributed by atoms with Gasteiger partial charge in [0.1, 0.15) is 6.73 Å². The molecule has 1 heterocycles. The van der Waals surface area contributed by atoms with Crippen LogP contribution in [0.25, 0.3) is 0 Å². The van der Waals surface area contributed by atoms with Gasteiger partial charge < -0.3 is 20.3 Å². The molecule has 3 N–H and O–H groups in total. The third-order valence-corrected chi connectivity index (χ3v) is 3.72. The third kappa shape index (κ3) is 9.40. The Labute approximate surface area is 140 Å². The summed E-state index contributed by atoms with van der Waals surface area (Å²) in [7, 11) is 0. The van der Waals surface area contributed by atoms with Gasteiger partial charge in [-0.1, -0.05) is 0 Å². The first kappa shape index (κ1) is 20.3. The second kappa shape index (κ2) is 11.7. The van der Waals surface area contributed by atoms with Crippen LogP contribution >= 0.6 is 0 Å². The van der Waals surface area contributed by atoms with E-state index in [0.29, 0.717) is 58.8 Å². The van der Waals surface area contributed by atoms with Gasteiger partial charge in [-0.15, -0.1) is 0 Å². The number of carboxylic acid groups (broad SMARTS) is 2. The molecule has 1 aliphatic heterocycles. The van der Waals surface area contributed by atoms with Crippen LogP contribution in [0, 0.1) is 0 Å². The summed E-state index contributed by atoms with van der Waals surface area (Å²) in [6.45, 7) is 4.89. The molecule has 10 nitrogen and oxygen atoms in total. The molecule has 0 spiro atoms. The zero-order valence-electron chi connectivity index (χ0n) is 13.7. The fraction of sp³-hybridized carbons (Fsp3) is 0.786.